The summed E-state index contributed by atoms with van der Waals surface area (Å²) in [5.41, 5.74) is 3.65. The fourth-order valence-corrected chi connectivity index (χ4v) is 2.57. The van der Waals surface area contributed by atoms with Crippen molar-refractivity contribution in [2.24, 2.45) is 0 Å². The van der Waals surface area contributed by atoms with Crippen molar-refractivity contribution >= 4 is 5.91 Å². The predicted octanol–water partition coefficient (Wildman–Crippen LogP) is 2.31. The third-order valence-electron chi connectivity index (χ3n) is 3.34. The van der Waals surface area contributed by atoms with E-state index < -0.39 is 0 Å². The largest absolute Gasteiger partial charge is 0.493 e. The molecule has 0 radical (unpaired) electrons. The van der Waals surface area contributed by atoms with Crippen LogP contribution in [0.2, 0.25) is 0 Å². The molecule has 0 spiro atoms. The normalized spacial score (nSPS) is 18.2. The maximum Gasteiger partial charge on any atom is 0.220 e. The molecule has 3 nitrogen and oxygen atoms in total. The second kappa shape index (κ2) is 4.78. The average molecular weight is 233 g/mol. The van der Waals surface area contributed by atoms with E-state index in [1.54, 1.807) is 7.05 Å². The lowest BCUT2D eigenvalue weighted by molar-refractivity contribution is -0.121. The minimum absolute atomic E-state index is 0.0998. The summed E-state index contributed by atoms with van der Waals surface area (Å²) in [5, 5.41) is 2.69. The van der Waals surface area contributed by atoms with Gasteiger partial charge in [-0.2, -0.15) is 0 Å². The number of amides is 1. The molecule has 2 rings (SSSR count). The zero-order chi connectivity index (χ0) is 12.4. The van der Waals surface area contributed by atoms with Gasteiger partial charge in [-0.05, 0) is 43.4 Å². The van der Waals surface area contributed by atoms with E-state index >= 15 is 0 Å². The van der Waals surface area contributed by atoms with Gasteiger partial charge < -0.3 is 10.1 Å². The lowest BCUT2D eigenvalue weighted by Crippen LogP contribution is -2.24. The summed E-state index contributed by atoms with van der Waals surface area (Å²) in [4.78, 5) is 11.5. The van der Waals surface area contributed by atoms with E-state index in [4.69, 9.17) is 4.74 Å². The first-order chi connectivity index (χ1) is 8.11. The Morgan fingerprint density at radius 2 is 2.24 bits per heavy atom. The Bertz CT molecular complexity index is 440. The van der Waals surface area contributed by atoms with Gasteiger partial charge in [-0.15, -0.1) is 0 Å². The van der Waals surface area contributed by atoms with Gasteiger partial charge in [0.2, 0.25) is 5.91 Å². The summed E-state index contributed by atoms with van der Waals surface area (Å²) in [6, 6.07) is 4.22. The van der Waals surface area contributed by atoms with E-state index in [2.05, 4.69) is 31.3 Å². The SMILES string of the molecule is CNC(=O)CC1CCOc2cc(C)cc(C)c21. The first-order valence-electron chi connectivity index (χ1n) is 6.06. The van der Waals surface area contributed by atoms with Crippen LogP contribution in [0.25, 0.3) is 0 Å². The number of rotatable bonds is 2. The highest BCUT2D eigenvalue weighted by atomic mass is 16.5. The molecule has 1 amide bonds. The Labute approximate surface area is 102 Å². The number of nitrogens with one attached hydrogen (secondary N) is 1. The third kappa shape index (κ3) is 2.43. The molecule has 1 aromatic carbocycles. The van der Waals surface area contributed by atoms with Crippen LogP contribution < -0.4 is 10.1 Å². The summed E-state index contributed by atoms with van der Waals surface area (Å²) < 4.78 is 5.70. The van der Waals surface area contributed by atoms with E-state index in [1.807, 2.05) is 0 Å². The average Bonchev–Trinajstić information content (AvgIpc) is 2.28. The van der Waals surface area contributed by atoms with Gasteiger partial charge >= 0.3 is 0 Å². The van der Waals surface area contributed by atoms with Crippen LogP contribution in [0, 0.1) is 13.8 Å². The van der Waals surface area contributed by atoms with Gasteiger partial charge in [0, 0.05) is 19.0 Å². The molecule has 0 aliphatic carbocycles. The van der Waals surface area contributed by atoms with Crippen molar-refractivity contribution in [3.63, 3.8) is 0 Å². The molecule has 17 heavy (non-hydrogen) atoms. The molecular weight excluding hydrogens is 214 g/mol. The van der Waals surface area contributed by atoms with Crippen LogP contribution in [0.3, 0.4) is 0 Å². The molecule has 3 heteroatoms. The van der Waals surface area contributed by atoms with Crippen LogP contribution >= 0.6 is 0 Å². The Morgan fingerprint density at radius 1 is 1.47 bits per heavy atom. The molecule has 1 aliphatic heterocycles. The molecule has 1 atom stereocenters. The van der Waals surface area contributed by atoms with Crippen LogP contribution in [0.5, 0.6) is 5.75 Å². The highest BCUT2D eigenvalue weighted by Gasteiger charge is 2.25. The van der Waals surface area contributed by atoms with Crippen molar-refractivity contribution in [2.45, 2.75) is 32.6 Å². The van der Waals surface area contributed by atoms with Crippen molar-refractivity contribution in [1.82, 2.24) is 5.32 Å². The van der Waals surface area contributed by atoms with E-state index in [0.29, 0.717) is 18.9 Å². The Morgan fingerprint density at radius 3 is 2.94 bits per heavy atom. The van der Waals surface area contributed by atoms with Crippen molar-refractivity contribution in [2.75, 3.05) is 13.7 Å². The molecule has 0 saturated carbocycles. The smallest absolute Gasteiger partial charge is 0.220 e. The van der Waals surface area contributed by atoms with Crippen molar-refractivity contribution in [3.8, 4) is 5.75 Å². The standard InChI is InChI=1S/C14H19NO2/c1-9-6-10(2)14-11(8-13(16)15-3)4-5-17-12(14)7-9/h6-7,11H,4-5,8H2,1-3H3,(H,15,16). The van der Waals surface area contributed by atoms with Crippen molar-refractivity contribution in [3.05, 3.63) is 28.8 Å². The second-order valence-corrected chi connectivity index (χ2v) is 4.70. The van der Waals surface area contributed by atoms with Gasteiger partial charge in [-0.3, -0.25) is 4.79 Å². The zero-order valence-corrected chi connectivity index (χ0v) is 10.7. The van der Waals surface area contributed by atoms with E-state index in [1.165, 1.54) is 16.7 Å². The van der Waals surface area contributed by atoms with Crippen LogP contribution in [-0.4, -0.2) is 19.6 Å². The number of ether oxygens (including phenoxy) is 1. The number of aryl methyl sites for hydroxylation is 2. The fraction of sp³-hybridized carbons (Fsp3) is 0.500. The van der Waals surface area contributed by atoms with Crippen LogP contribution in [0.4, 0.5) is 0 Å². The molecule has 1 aliphatic rings. The molecule has 1 N–H and O–H groups in total. The van der Waals surface area contributed by atoms with Crippen molar-refractivity contribution < 1.29 is 9.53 Å². The maximum atomic E-state index is 11.5. The quantitative estimate of drug-likeness (QED) is 0.851. The minimum Gasteiger partial charge on any atom is -0.493 e. The van der Waals surface area contributed by atoms with Gasteiger partial charge in [0.25, 0.3) is 0 Å². The third-order valence-corrected chi connectivity index (χ3v) is 3.34. The summed E-state index contributed by atoms with van der Waals surface area (Å²) in [6.45, 7) is 4.87. The molecule has 1 heterocycles. The Kier molecular flexibility index (Phi) is 3.36. The van der Waals surface area contributed by atoms with E-state index in [0.717, 1.165) is 12.2 Å². The number of carbonyl (C=O) groups excluding carboxylic acids is 1. The number of hydrogen-bond donors (Lipinski definition) is 1. The first-order valence-corrected chi connectivity index (χ1v) is 6.06. The van der Waals surface area contributed by atoms with Crippen LogP contribution in [-0.2, 0) is 4.79 Å². The number of fused-ring (bicyclic) bond motifs is 1. The first kappa shape index (κ1) is 12.0. The summed E-state index contributed by atoms with van der Waals surface area (Å²) in [5.74, 6) is 1.35. The lowest BCUT2D eigenvalue weighted by Gasteiger charge is -2.27. The number of hydrogen-bond acceptors (Lipinski definition) is 2. The van der Waals surface area contributed by atoms with E-state index in [9.17, 15) is 4.79 Å². The second-order valence-electron chi connectivity index (χ2n) is 4.70. The van der Waals surface area contributed by atoms with Gasteiger partial charge in [0.15, 0.2) is 0 Å². The monoisotopic (exact) mass is 233 g/mol. The molecular formula is C14H19NO2. The van der Waals surface area contributed by atoms with Gasteiger partial charge in [0.05, 0.1) is 6.61 Å². The van der Waals surface area contributed by atoms with E-state index in [-0.39, 0.29) is 5.91 Å². The predicted molar refractivity (Wildman–Crippen MR) is 67.5 cm³/mol. The van der Waals surface area contributed by atoms with Crippen LogP contribution in [0.1, 0.15) is 35.4 Å². The molecule has 0 saturated heterocycles. The molecule has 1 aromatic rings. The van der Waals surface area contributed by atoms with Crippen LogP contribution in [0.15, 0.2) is 12.1 Å². The maximum absolute atomic E-state index is 11.5. The van der Waals surface area contributed by atoms with Gasteiger partial charge in [-0.1, -0.05) is 6.07 Å². The van der Waals surface area contributed by atoms with Gasteiger partial charge in [-0.25, -0.2) is 0 Å². The number of carbonyl (C=O) groups is 1. The summed E-state index contributed by atoms with van der Waals surface area (Å²) >= 11 is 0. The summed E-state index contributed by atoms with van der Waals surface area (Å²) in [7, 11) is 1.69. The molecule has 0 fully saturated rings. The molecule has 1 unspecified atom stereocenters. The van der Waals surface area contributed by atoms with Crippen molar-refractivity contribution in [1.29, 1.82) is 0 Å². The number of benzene rings is 1. The Hall–Kier alpha value is -1.51. The highest BCUT2D eigenvalue weighted by molar-refractivity contribution is 5.76. The molecule has 0 bridgehead atoms. The Balaban J connectivity index is 2.33. The lowest BCUT2D eigenvalue weighted by atomic mass is 9.86. The minimum atomic E-state index is 0.0998. The van der Waals surface area contributed by atoms with Gasteiger partial charge in [0.1, 0.15) is 5.75 Å². The molecule has 0 aromatic heterocycles. The molecule has 92 valence electrons. The highest BCUT2D eigenvalue weighted by Crippen LogP contribution is 2.38. The topological polar surface area (TPSA) is 38.3 Å². The fourth-order valence-electron chi connectivity index (χ4n) is 2.57. The zero-order valence-electron chi connectivity index (χ0n) is 10.7. The summed E-state index contributed by atoms with van der Waals surface area (Å²) in [6.07, 6.45) is 1.47.